The summed E-state index contributed by atoms with van der Waals surface area (Å²) in [4.78, 5) is 28.8. The van der Waals surface area contributed by atoms with Crippen molar-refractivity contribution in [2.75, 3.05) is 20.2 Å². The van der Waals surface area contributed by atoms with Crippen LogP contribution in [-0.2, 0) is 19.1 Å². The maximum absolute atomic E-state index is 14.4. The molecule has 0 aliphatic carbocycles. The van der Waals surface area contributed by atoms with Gasteiger partial charge in [0.1, 0.15) is 22.8 Å². The summed E-state index contributed by atoms with van der Waals surface area (Å²) in [6.45, 7) is 7.32. The number of esters is 1. The van der Waals surface area contributed by atoms with Crippen molar-refractivity contribution in [3.8, 4) is 23.0 Å². The minimum Gasteiger partial charge on any atom is -0.497 e. The van der Waals surface area contributed by atoms with Gasteiger partial charge in [-0.1, -0.05) is 39.3 Å². The predicted octanol–water partition coefficient (Wildman–Crippen LogP) is 8.41. The molecule has 7 nitrogen and oxygen atoms in total. The van der Waals surface area contributed by atoms with Gasteiger partial charge in [-0.3, -0.25) is 9.69 Å². The smallest absolute Gasteiger partial charge is 0.453 e. The van der Waals surface area contributed by atoms with E-state index in [9.17, 15) is 22.8 Å². The Morgan fingerprint density at radius 2 is 1.50 bits per heavy atom. The molecule has 4 rings (SSSR count). The molecular formula is C34H36F3NO6. The number of alkyl halides is 3. The fourth-order valence-electron chi connectivity index (χ4n) is 4.95. The first-order valence-corrected chi connectivity index (χ1v) is 14.6. The lowest BCUT2D eigenvalue weighted by molar-refractivity contribution is -0.154. The van der Waals surface area contributed by atoms with Crippen LogP contribution in [0.15, 0.2) is 69.9 Å². The largest absolute Gasteiger partial charge is 0.497 e. The molecule has 1 aromatic heterocycles. The number of ether oxygens (including phenoxy) is 3. The van der Waals surface area contributed by atoms with Crippen LogP contribution in [0.5, 0.6) is 23.0 Å². The molecule has 0 aliphatic rings. The van der Waals surface area contributed by atoms with E-state index < -0.39 is 29.1 Å². The van der Waals surface area contributed by atoms with E-state index in [2.05, 4.69) is 0 Å². The standard InChI is InChI=1S/C34H36F3NO6/c1-5-8-22-9-13-25(14-10-22)42-31-29(39)26-17-18-28(43-33(40)23-11-15-24(41-4)16-12-23)27(21-38(19-6-2)20-7-3)30(26)44-32(31)34(35,36)37/h9-18H,5-8,19-21H2,1-4H3. The molecule has 0 aliphatic heterocycles. The minimum absolute atomic E-state index is 0.00743. The summed E-state index contributed by atoms with van der Waals surface area (Å²) in [5.74, 6) is -2.64. The molecule has 0 atom stereocenters. The number of rotatable bonds is 13. The van der Waals surface area contributed by atoms with E-state index in [0.29, 0.717) is 18.8 Å². The minimum atomic E-state index is -5.05. The molecule has 0 saturated carbocycles. The number of carbonyl (C=O) groups is 1. The average molecular weight is 612 g/mol. The van der Waals surface area contributed by atoms with E-state index in [-0.39, 0.29) is 40.1 Å². The fourth-order valence-corrected chi connectivity index (χ4v) is 4.95. The van der Waals surface area contributed by atoms with Crippen LogP contribution in [0.3, 0.4) is 0 Å². The molecule has 0 unspecified atom stereocenters. The molecule has 44 heavy (non-hydrogen) atoms. The SMILES string of the molecule is CCCc1ccc(Oc2c(C(F)(F)F)oc3c(CN(CCC)CCC)c(OC(=O)c4ccc(OC)cc4)ccc3c2=O)cc1. The van der Waals surface area contributed by atoms with E-state index in [0.717, 1.165) is 31.2 Å². The van der Waals surface area contributed by atoms with Crippen LogP contribution in [-0.4, -0.2) is 31.1 Å². The zero-order valence-corrected chi connectivity index (χ0v) is 25.3. The average Bonchev–Trinajstić information content (AvgIpc) is 3.00. The Morgan fingerprint density at radius 1 is 0.864 bits per heavy atom. The molecule has 0 fully saturated rings. The number of hydrogen-bond acceptors (Lipinski definition) is 7. The van der Waals surface area contributed by atoms with Gasteiger partial charge in [0.2, 0.25) is 11.2 Å². The van der Waals surface area contributed by atoms with Gasteiger partial charge >= 0.3 is 12.1 Å². The van der Waals surface area contributed by atoms with Gasteiger partial charge in [-0.25, -0.2) is 4.79 Å². The van der Waals surface area contributed by atoms with Crippen LogP contribution < -0.4 is 19.6 Å². The lowest BCUT2D eigenvalue weighted by atomic mass is 10.1. The van der Waals surface area contributed by atoms with Gasteiger partial charge in [-0.2, -0.15) is 13.2 Å². The van der Waals surface area contributed by atoms with Crippen molar-refractivity contribution in [1.29, 1.82) is 0 Å². The monoisotopic (exact) mass is 611 g/mol. The van der Waals surface area contributed by atoms with Gasteiger partial charge in [0.25, 0.3) is 5.76 Å². The Labute approximate surface area is 254 Å². The van der Waals surface area contributed by atoms with Gasteiger partial charge in [0.15, 0.2) is 0 Å². The number of methoxy groups -OCH3 is 1. The molecular weight excluding hydrogens is 575 g/mol. The Hall–Kier alpha value is -4.31. The van der Waals surface area contributed by atoms with Gasteiger partial charge in [-0.05, 0) is 86.4 Å². The second-order valence-corrected chi connectivity index (χ2v) is 10.4. The molecule has 0 amide bonds. The molecule has 0 radical (unpaired) electrons. The van der Waals surface area contributed by atoms with Crippen LogP contribution in [0.4, 0.5) is 13.2 Å². The Balaban J connectivity index is 1.86. The maximum atomic E-state index is 14.4. The molecule has 1 heterocycles. The van der Waals surface area contributed by atoms with Crippen LogP contribution in [0.2, 0.25) is 0 Å². The van der Waals surface area contributed by atoms with Crippen molar-refractivity contribution in [3.05, 3.63) is 93.3 Å². The number of nitrogens with zero attached hydrogens (tertiary/aromatic N) is 1. The van der Waals surface area contributed by atoms with E-state index in [1.54, 1.807) is 24.3 Å². The summed E-state index contributed by atoms with van der Waals surface area (Å²) in [5.41, 5.74) is 0.0611. The molecule has 4 aromatic rings. The Morgan fingerprint density at radius 3 is 2.07 bits per heavy atom. The van der Waals surface area contributed by atoms with Crippen molar-refractivity contribution in [1.82, 2.24) is 4.90 Å². The van der Waals surface area contributed by atoms with Crippen molar-refractivity contribution in [2.24, 2.45) is 0 Å². The first-order chi connectivity index (χ1) is 21.1. The zero-order valence-electron chi connectivity index (χ0n) is 25.3. The van der Waals surface area contributed by atoms with Gasteiger partial charge in [-0.15, -0.1) is 0 Å². The summed E-state index contributed by atoms with van der Waals surface area (Å²) in [7, 11) is 1.50. The number of halogens is 3. The highest BCUT2D eigenvalue weighted by Gasteiger charge is 2.41. The summed E-state index contributed by atoms with van der Waals surface area (Å²) in [6.07, 6.45) is -1.80. The predicted molar refractivity (Wildman–Crippen MR) is 162 cm³/mol. The highest BCUT2D eigenvalue weighted by molar-refractivity contribution is 5.92. The number of aryl methyl sites for hydroxylation is 1. The van der Waals surface area contributed by atoms with E-state index >= 15 is 0 Å². The summed E-state index contributed by atoms with van der Waals surface area (Å²) < 4.78 is 65.2. The van der Waals surface area contributed by atoms with Crippen LogP contribution in [0.25, 0.3) is 11.0 Å². The lowest BCUT2D eigenvalue weighted by Gasteiger charge is -2.23. The number of benzene rings is 3. The Kier molecular flexibility index (Phi) is 10.7. The third-order valence-electron chi connectivity index (χ3n) is 7.01. The highest BCUT2D eigenvalue weighted by Crippen LogP contribution is 2.40. The topological polar surface area (TPSA) is 78.2 Å². The third-order valence-corrected chi connectivity index (χ3v) is 7.01. The second kappa shape index (κ2) is 14.4. The zero-order chi connectivity index (χ0) is 31.9. The molecule has 10 heteroatoms. The Bertz CT molecular complexity index is 1620. The summed E-state index contributed by atoms with van der Waals surface area (Å²) >= 11 is 0. The summed E-state index contributed by atoms with van der Waals surface area (Å²) in [6, 6.07) is 15.4. The van der Waals surface area contributed by atoms with Crippen LogP contribution in [0, 0.1) is 0 Å². The third kappa shape index (κ3) is 7.60. The molecule has 0 spiro atoms. The van der Waals surface area contributed by atoms with E-state index in [1.807, 2.05) is 25.7 Å². The van der Waals surface area contributed by atoms with Crippen LogP contribution >= 0.6 is 0 Å². The molecule has 0 saturated heterocycles. The molecule has 234 valence electrons. The van der Waals surface area contributed by atoms with Gasteiger partial charge in [0.05, 0.1) is 23.6 Å². The molecule has 0 N–H and O–H groups in total. The fraction of sp³-hybridized carbons (Fsp3) is 0.353. The van der Waals surface area contributed by atoms with Gasteiger partial charge in [0, 0.05) is 6.54 Å². The molecule has 3 aromatic carbocycles. The first kappa shape index (κ1) is 32.6. The first-order valence-electron chi connectivity index (χ1n) is 14.6. The van der Waals surface area contributed by atoms with Gasteiger partial charge < -0.3 is 18.6 Å². The number of fused-ring (bicyclic) bond motifs is 1. The van der Waals surface area contributed by atoms with Crippen molar-refractivity contribution >= 4 is 16.9 Å². The lowest BCUT2D eigenvalue weighted by Crippen LogP contribution is -2.26. The van der Waals surface area contributed by atoms with E-state index in [4.69, 9.17) is 18.6 Å². The van der Waals surface area contributed by atoms with Crippen molar-refractivity contribution < 1.29 is 36.6 Å². The van der Waals surface area contributed by atoms with Crippen molar-refractivity contribution in [2.45, 2.75) is 59.2 Å². The second-order valence-electron chi connectivity index (χ2n) is 10.4. The van der Waals surface area contributed by atoms with Crippen LogP contribution in [0.1, 0.15) is 67.3 Å². The number of hydrogen-bond donors (Lipinski definition) is 0. The highest BCUT2D eigenvalue weighted by atomic mass is 19.4. The normalized spacial score (nSPS) is 11.6. The maximum Gasteiger partial charge on any atom is 0.453 e. The van der Waals surface area contributed by atoms with Crippen molar-refractivity contribution in [3.63, 3.8) is 0 Å². The quantitative estimate of drug-likeness (QED) is 0.111. The number of carbonyl (C=O) groups excluding carboxylic acids is 1. The molecule has 0 bridgehead atoms. The van der Waals surface area contributed by atoms with E-state index in [1.165, 1.54) is 43.5 Å². The summed E-state index contributed by atoms with van der Waals surface area (Å²) in [5, 5.41) is -0.122.